The van der Waals surface area contributed by atoms with E-state index in [0.717, 1.165) is 6.07 Å². The molecule has 0 bridgehead atoms. The molecular formula is C16H17Cl2F3N4O. The Morgan fingerprint density at radius 1 is 1.19 bits per heavy atom. The molecule has 0 spiro atoms. The SMILES string of the molecule is CC(C)[C@H](CO)Nc1nc(Nc2cccc(Cl)c2Cl)cc(C(F)(F)F)n1. The molecule has 1 aromatic heterocycles. The summed E-state index contributed by atoms with van der Waals surface area (Å²) < 4.78 is 39.5. The zero-order chi connectivity index (χ0) is 19.5. The van der Waals surface area contributed by atoms with Crippen molar-refractivity contribution in [1.29, 1.82) is 0 Å². The van der Waals surface area contributed by atoms with Crippen molar-refractivity contribution in [2.75, 3.05) is 17.2 Å². The van der Waals surface area contributed by atoms with Crippen LogP contribution in [0.4, 0.5) is 30.6 Å². The van der Waals surface area contributed by atoms with Crippen LogP contribution >= 0.6 is 23.2 Å². The van der Waals surface area contributed by atoms with Crippen LogP contribution in [0, 0.1) is 5.92 Å². The molecule has 10 heteroatoms. The Kier molecular flexibility index (Phi) is 6.54. The van der Waals surface area contributed by atoms with Crippen molar-refractivity contribution in [1.82, 2.24) is 9.97 Å². The number of hydrogen-bond donors (Lipinski definition) is 3. The third-order valence-corrected chi connectivity index (χ3v) is 4.37. The van der Waals surface area contributed by atoms with Gasteiger partial charge >= 0.3 is 6.18 Å². The summed E-state index contributed by atoms with van der Waals surface area (Å²) in [5.74, 6) is -0.412. The fraction of sp³-hybridized carbons (Fsp3) is 0.375. The predicted molar refractivity (Wildman–Crippen MR) is 96.1 cm³/mol. The molecule has 5 nitrogen and oxygen atoms in total. The van der Waals surface area contributed by atoms with Crippen LogP contribution < -0.4 is 10.6 Å². The molecule has 0 radical (unpaired) electrons. The second-order valence-electron chi connectivity index (χ2n) is 5.86. The molecule has 0 fully saturated rings. The number of hydrogen-bond acceptors (Lipinski definition) is 5. The second-order valence-corrected chi connectivity index (χ2v) is 6.65. The van der Waals surface area contributed by atoms with Crippen molar-refractivity contribution in [2.45, 2.75) is 26.1 Å². The fourth-order valence-electron chi connectivity index (χ4n) is 2.05. The topological polar surface area (TPSA) is 70.1 Å². The van der Waals surface area contributed by atoms with Gasteiger partial charge in [-0.15, -0.1) is 0 Å². The van der Waals surface area contributed by atoms with E-state index in [1.54, 1.807) is 18.2 Å². The molecule has 0 unspecified atom stereocenters. The van der Waals surface area contributed by atoms with Gasteiger partial charge in [-0.1, -0.05) is 43.1 Å². The number of nitrogens with one attached hydrogen (secondary N) is 2. The molecular weight excluding hydrogens is 392 g/mol. The minimum Gasteiger partial charge on any atom is -0.394 e. The summed E-state index contributed by atoms with van der Waals surface area (Å²) in [6.07, 6.45) is -4.67. The summed E-state index contributed by atoms with van der Waals surface area (Å²) in [6.45, 7) is 3.35. The highest BCUT2D eigenvalue weighted by Crippen LogP contribution is 2.34. The lowest BCUT2D eigenvalue weighted by Crippen LogP contribution is -2.30. The maximum Gasteiger partial charge on any atom is 0.433 e. The molecule has 0 saturated heterocycles. The van der Waals surface area contributed by atoms with Gasteiger partial charge in [0, 0.05) is 6.07 Å². The highest BCUT2D eigenvalue weighted by atomic mass is 35.5. The van der Waals surface area contributed by atoms with E-state index in [2.05, 4.69) is 20.6 Å². The number of anilines is 3. The predicted octanol–water partition coefficient (Wildman–Crippen LogP) is 4.97. The minimum absolute atomic E-state index is 0.0445. The zero-order valence-corrected chi connectivity index (χ0v) is 15.4. The number of nitrogens with zero attached hydrogens (tertiary/aromatic N) is 2. The van der Waals surface area contributed by atoms with Crippen LogP contribution in [0.1, 0.15) is 19.5 Å². The van der Waals surface area contributed by atoms with Crippen LogP contribution in [-0.4, -0.2) is 27.7 Å². The number of halogens is 5. The molecule has 2 aromatic rings. The number of aliphatic hydroxyl groups is 1. The number of aliphatic hydroxyl groups excluding tert-OH is 1. The molecule has 26 heavy (non-hydrogen) atoms. The van der Waals surface area contributed by atoms with E-state index in [9.17, 15) is 18.3 Å². The Morgan fingerprint density at radius 3 is 2.46 bits per heavy atom. The first-order valence-corrected chi connectivity index (χ1v) is 8.42. The highest BCUT2D eigenvalue weighted by Gasteiger charge is 2.34. The van der Waals surface area contributed by atoms with Gasteiger partial charge in [0.15, 0.2) is 5.69 Å². The Morgan fingerprint density at radius 2 is 1.88 bits per heavy atom. The number of benzene rings is 1. The van der Waals surface area contributed by atoms with Crippen molar-refractivity contribution in [2.24, 2.45) is 5.92 Å². The van der Waals surface area contributed by atoms with Crippen molar-refractivity contribution in [3.05, 3.63) is 40.0 Å². The molecule has 1 atom stereocenters. The van der Waals surface area contributed by atoms with Gasteiger partial charge in [0.1, 0.15) is 5.82 Å². The quantitative estimate of drug-likeness (QED) is 0.628. The smallest absolute Gasteiger partial charge is 0.394 e. The van der Waals surface area contributed by atoms with E-state index in [4.69, 9.17) is 23.2 Å². The average Bonchev–Trinajstić information content (AvgIpc) is 2.55. The molecule has 0 aliphatic heterocycles. The summed E-state index contributed by atoms with van der Waals surface area (Å²) in [5, 5.41) is 15.2. The molecule has 0 saturated carbocycles. The molecule has 2 rings (SSSR count). The Labute approximate surface area is 158 Å². The molecule has 1 aromatic carbocycles. The van der Waals surface area contributed by atoms with E-state index in [-0.39, 0.29) is 34.3 Å². The molecule has 1 heterocycles. The van der Waals surface area contributed by atoms with E-state index >= 15 is 0 Å². The summed E-state index contributed by atoms with van der Waals surface area (Å²) >= 11 is 12.0. The number of aromatic nitrogens is 2. The molecule has 0 amide bonds. The van der Waals surface area contributed by atoms with Crippen LogP contribution in [0.5, 0.6) is 0 Å². The lowest BCUT2D eigenvalue weighted by molar-refractivity contribution is -0.141. The van der Waals surface area contributed by atoms with Gasteiger partial charge in [-0.25, -0.2) is 4.98 Å². The summed E-state index contributed by atoms with van der Waals surface area (Å²) in [7, 11) is 0. The summed E-state index contributed by atoms with van der Waals surface area (Å²) in [4.78, 5) is 7.54. The zero-order valence-electron chi connectivity index (χ0n) is 13.9. The lowest BCUT2D eigenvalue weighted by Gasteiger charge is -2.21. The maximum atomic E-state index is 13.2. The summed E-state index contributed by atoms with van der Waals surface area (Å²) in [5.41, 5.74) is -0.824. The monoisotopic (exact) mass is 408 g/mol. The van der Waals surface area contributed by atoms with Crippen molar-refractivity contribution >= 4 is 40.7 Å². The number of rotatable bonds is 6. The Bertz CT molecular complexity index is 772. The third-order valence-electron chi connectivity index (χ3n) is 3.55. The third kappa shape index (κ3) is 5.12. The first-order chi connectivity index (χ1) is 12.1. The van der Waals surface area contributed by atoms with Crippen LogP contribution in [0.3, 0.4) is 0 Å². The standard InChI is InChI=1S/C16H17Cl2F3N4O/c1-8(2)11(7-26)23-15-24-12(16(19,20)21)6-13(25-15)22-10-5-3-4-9(17)14(10)18/h3-6,8,11,26H,7H2,1-2H3,(H2,22,23,24,25)/t11-/m0/s1. The van der Waals surface area contributed by atoms with Gasteiger partial charge in [0.05, 0.1) is 28.4 Å². The largest absolute Gasteiger partial charge is 0.433 e. The second kappa shape index (κ2) is 8.28. The first-order valence-electron chi connectivity index (χ1n) is 7.66. The molecule has 3 N–H and O–H groups in total. The van der Waals surface area contributed by atoms with Gasteiger partial charge in [-0.2, -0.15) is 18.2 Å². The maximum absolute atomic E-state index is 13.2. The van der Waals surface area contributed by atoms with E-state index in [1.807, 2.05) is 13.8 Å². The molecule has 142 valence electrons. The summed E-state index contributed by atoms with van der Waals surface area (Å²) in [6, 6.07) is 4.98. The minimum atomic E-state index is -4.67. The van der Waals surface area contributed by atoms with E-state index < -0.39 is 17.9 Å². The average molecular weight is 409 g/mol. The first kappa shape index (κ1) is 20.5. The van der Waals surface area contributed by atoms with Crippen molar-refractivity contribution in [3.63, 3.8) is 0 Å². The van der Waals surface area contributed by atoms with Crippen LogP contribution in [0.2, 0.25) is 10.0 Å². The van der Waals surface area contributed by atoms with Gasteiger partial charge in [0.25, 0.3) is 0 Å². The van der Waals surface area contributed by atoms with Crippen molar-refractivity contribution < 1.29 is 18.3 Å². The lowest BCUT2D eigenvalue weighted by atomic mass is 10.1. The van der Waals surface area contributed by atoms with Gasteiger partial charge in [-0.3, -0.25) is 0 Å². The van der Waals surface area contributed by atoms with Gasteiger partial charge in [0.2, 0.25) is 5.95 Å². The Balaban J connectivity index is 2.41. The molecule has 0 aliphatic carbocycles. The highest BCUT2D eigenvalue weighted by molar-refractivity contribution is 6.43. The Hall–Kier alpha value is -1.77. The van der Waals surface area contributed by atoms with Crippen LogP contribution in [-0.2, 0) is 6.18 Å². The van der Waals surface area contributed by atoms with Crippen LogP contribution in [0.15, 0.2) is 24.3 Å². The van der Waals surface area contributed by atoms with E-state index in [0.29, 0.717) is 5.69 Å². The fourth-order valence-corrected chi connectivity index (χ4v) is 2.40. The van der Waals surface area contributed by atoms with Crippen LogP contribution in [0.25, 0.3) is 0 Å². The normalized spacial score (nSPS) is 13.0. The van der Waals surface area contributed by atoms with Gasteiger partial charge in [-0.05, 0) is 18.1 Å². The van der Waals surface area contributed by atoms with E-state index in [1.165, 1.54) is 0 Å². The number of alkyl halides is 3. The van der Waals surface area contributed by atoms with Crippen molar-refractivity contribution in [3.8, 4) is 0 Å². The molecule has 0 aliphatic rings. The van der Waals surface area contributed by atoms with Gasteiger partial charge < -0.3 is 15.7 Å².